The molecule has 1 saturated carbocycles. The lowest BCUT2D eigenvalue weighted by Gasteiger charge is -2.26. The second kappa shape index (κ2) is 5.12. The summed E-state index contributed by atoms with van der Waals surface area (Å²) in [6.45, 7) is 1.06. The summed E-state index contributed by atoms with van der Waals surface area (Å²) in [6, 6.07) is 0. The second-order valence-electron chi connectivity index (χ2n) is 4.26. The number of anilines is 1. The predicted octanol–water partition coefficient (Wildman–Crippen LogP) is 3.21. The zero-order valence-corrected chi connectivity index (χ0v) is 10.5. The van der Waals surface area contributed by atoms with Crippen molar-refractivity contribution >= 4 is 29.1 Å². The second-order valence-corrected chi connectivity index (χ2v) is 5.15. The third kappa shape index (κ3) is 2.82. The summed E-state index contributed by atoms with van der Waals surface area (Å²) in [4.78, 5) is 2.14. The molecule has 0 saturated heterocycles. The van der Waals surface area contributed by atoms with Gasteiger partial charge in [-0.05, 0) is 18.8 Å². The molecule has 15 heavy (non-hydrogen) atoms. The fourth-order valence-corrected chi connectivity index (χ4v) is 3.07. The van der Waals surface area contributed by atoms with Crippen molar-refractivity contribution in [2.75, 3.05) is 18.5 Å². The van der Waals surface area contributed by atoms with Gasteiger partial charge in [-0.15, -0.1) is 0 Å². The maximum absolute atomic E-state index is 5.95. The molecule has 0 N–H and O–H groups in total. The fraction of sp³-hybridized carbons (Fsp3) is 0.800. The van der Waals surface area contributed by atoms with Crippen LogP contribution in [0.1, 0.15) is 32.1 Å². The van der Waals surface area contributed by atoms with Crippen molar-refractivity contribution in [3.05, 3.63) is 5.15 Å². The minimum atomic E-state index is 0.540. The van der Waals surface area contributed by atoms with Crippen molar-refractivity contribution in [3.63, 3.8) is 0 Å². The van der Waals surface area contributed by atoms with Crippen LogP contribution in [-0.2, 0) is 0 Å². The van der Waals surface area contributed by atoms with E-state index >= 15 is 0 Å². The van der Waals surface area contributed by atoms with Crippen molar-refractivity contribution < 1.29 is 0 Å². The van der Waals surface area contributed by atoms with Gasteiger partial charge in [-0.2, -0.15) is 8.75 Å². The fourth-order valence-electron chi connectivity index (χ4n) is 2.24. The molecule has 2 rings (SSSR count). The highest BCUT2D eigenvalue weighted by atomic mass is 35.5. The molecule has 1 heterocycles. The number of aromatic nitrogens is 2. The molecule has 0 spiro atoms. The third-order valence-electron chi connectivity index (χ3n) is 3.05. The van der Waals surface area contributed by atoms with Crippen LogP contribution < -0.4 is 4.90 Å². The van der Waals surface area contributed by atoms with Gasteiger partial charge < -0.3 is 4.90 Å². The molecule has 1 aliphatic carbocycles. The molecule has 0 radical (unpaired) electrons. The summed E-state index contributed by atoms with van der Waals surface area (Å²) < 4.78 is 8.19. The van der Waals surface area contributed by atoms with E-state index < -0.39 is 0 Å². The molecule has 1 fully saturated rings. The van der Waals surface area contributed by atoms with Crippen LogP contribution in [0.5, 0.6) is 0 Å². The van der Waals surface area contributed by atoms with E-state index in [0.29, 0.717) is 5.15 Å². The Morgan fingerprint density at radius 2 is 2.07 bits per heavy atom. The SMILES string of the molecule is CN(CC1CCCCC1)c1nsnc1Cl. The van der Waals surface area contributed by atoms with Crippen molar-refractivity contribution in [2.24, 2.45) is 5.92 Å². The Morgan fingerprint density at radius 1 is 1.33 bits per heavy atom. The van der Waals surface area contributed by atoms with Gasteiger partial charge in [0, 0.05) is 13.6 Å². The zero-order valence-electron chi connectivity index (χ0n) is 8.95. The summed E-state index contributed by atoms with van der Waals surface area (Å²) in [5.41, 5.74) is 0. The van der Waals surface area contributed by atoms with Gasteiger partial charge in [-0.3, -0.25) is 0 Å². The van der Waals surface area contributed by atoms with Crippen molar-refractivity contribution in [1.82, 2.24) is 8.75 Å². The largest absolute Gasteiger partial charge is 0.356 e. The van der Waals surface area contributed by atoms with Crippen LogP contribution in [0.4, 0.5) is 5.82 Å². The van der Waals surface area contributed by atoms with Gasteiger partial charge in [0.05, 0.1) is 11.7 Å². The number of hydrogen-bond acceptors (Lipinski definition) is 4. The van der Waals surface area contributed by atoms with Gasteiger partial charge >= 0.3 is 0 Å². The maximum atomic E-state index is 5.95. The third-order valence-corrected chi connectivity index (χ3v) is 3.92. The molecule has 84 valence electrons. The van der Waals surface area contributed by atoms with E-state index in [9.17, 15) is 0 Å². The number of nitrogens with zero attached hydrogens (tertiary/aromatic N) is 3. The first-order valence-corrected chi connectivity index (χ1v) is 6.57. The Balaban J connectivity index is 1.91. The summed E-state index contributed by atoms with van der Waals surface area (Å²) in [7, 11) is 2.05. The van der Waals surface area contributed by atoms with Crippen LogP contribution in [-0.4, -0.2) is 22.3 Å². The normalized spacial score (nSPS) is 18.0. The zero-order chi connectivity index (χ0) is 10.7. The van der Waals surface area contributed by atoms with Crippen LogP contribution in [0.15, 0.2) is 0 Å². The quantitative estimate of drug-likeness (QED) is 0.819. The molecule has 0 amide bonds. The molecule has 0 aromatic carbocycles. The molecule has 1 aromatic rings. The van der Waals surface area contributed by atoms with Crippen LogP contribution in [0, 0.1) is 5.92 Å². The Labute approximate surface area is 99.8 Å². The molecule has 0 unspecified atom stereocenters. The highest BCUT2D eigenvalue weighted by Crippen LogP contribution is 2.27. The van der Waals surface area contributed by atoms with Crippen LogP contribution in [0.2, 0.25) is 5.15 Å². The van der Waals surface area contributed by atoms with E-state index in [1.165, 1.54) is 43.8 Å². The van der Waals surface area contributed by atoms with E-state index in [2.05, 4.69) is 20.7 Å². The van der Waals surface area contributed by atoms with Gasteiger partial charge in [0.1, 0.15) is 0 Å². The monoisotopic (exact) mass is 245 g/mol. The average molecular weight is 246 g/mol. The lowest BCUT2D eigenvalue weighted by molar-refractivity contribution is 0.362. The minimum absolute atomic E-state index is 0.540. The first kappa shape index (κ1) is 11.1. The highest BCUT2D eigenvalue weighted by molar-refractivity contribution is 6.99. The summed E-state index contributed by atoms with van der Waals surface area (Å²) >= 11 is 7.13. The van der Waals surface area contributed by atoms with Crippen LogP contribution in [0.25, 0.3) is 0 Å². The van der Waals surface area contributed by atoms with Crippen LogP contribution in [0.3, 0.4) is 0 Å². The van der Waals surface area contributed by atoms with E-state index in [-0.39, 0.29) is 0 Å². The first-order chi connectivity index (χ1) is 7.27. The minimum Gasteiger partial charge on any atom is -0.356 e. The summed E-state index contributed by atoms with van der Waals surface area (Å²) in [5.74, 6) is 1.65. The van der Waals surface area contributed by atoms with E-state index in [4.69, 9.17) is 11.6 Å². The number of halogens is 1. The van der Waals surface area contributed by atoms with Gasteiger partial charge in [0.15, 0.2) is 11.0 Å². The lowest BCUT2D eigenvalue weighted by Crippen LogP contribution is -2.27. The predicted molar refractivity (Wildman–Crippen MR) is 64.8 cm³/mol. The van der Waals surface area contributed by atoms with Gasteiger partial charge in [-0.25, -0.2) is 0 Å². The Kier molecular flexibility index (Phi) is 3.81. The molecule has 0 atom stereocenters. The number of rotatable bonds is 3. The van der Waals surface area contributed by atoms with Crippen molar-refractivity contribution in [1.29, 1.82) is 0 Å². The van der Waals surface area contributed by atoms with Crippen molar-refractivity contribution in [3.8, 4) is 0 Å². The Hall–Kier alpha value is -0.350. The van der Waals surface area contributed by atoms with Crippen molar-refractivity contribution in [2.45, 2.75) is 32.1 Å². The topological polar surface area (TPSA) is 29.0 Å². The van der Waals surface area contributed by atoms with Crippen LogP contribution >= 0.6 is 23.3 Å². The van der Waals surface area contributed by atoms with E-state index in [1.807, 2.05) is 0 Å². The maximum Gasteiger partial charge on any atom is 0.187 e. The summed E-state index contributed by atoms with van der Waals surface area (Å²) in [6.07, 6.45) is 6.85. The Bertz CT molecular complexity index is 309. The van der Waals surface area contributed by atoms with Gasteiger partial charge in [0.25, 0.3) is 0 Å². The van der Waals surface area contributed by atoms with E-state index in [0.717, 1.165) is 18.3 Å². The van der Waals surface area contributed by atoms with Gasteiger partial charge in [-0.1, -0.05) is 30.9 Å². The standard InChI is InChI=1S/C10H16ClN3S/c1-14(10-9(11)12-15-13-10)7-8-5-3-2-4-6-8/h8H,2-7H2,1H3. The molecular weight excluding hydrogens is 230 g/mol. The van der Waals surface area contributed by atoms with Gasteiger partial charge in [0.2, 0.25) is 0 Å². The molecule has 0 aliphatic heterocycles. The number of hydrogen-bond donors (Lipinski definition) is 0. The van der Waals surface area contributed by atoms with E-state index in [1.54, 1.807) is 0 Å². The molecular formula is C10H16ClN3S. The summed E-state index contributed by atoms with van der Waals surface area (Å²) in [5, 5.41) is 0.540. The Morgan fingerprint density at radius 3 is 2.67 bits per heavy atom. The molecule has 3 nitrogen and oxygen atoms in total. The average Bonchev–Trinajstić information content (AvgIpc) is 2.66. The molecule has 0 bridgehead atoms. The first-order valence-electron chi connectivity index (χ1n) is 5.46. The smallest absolute Gasteiger partial charge is 0.187 e. The molecule has 1 aliphatic rings. The molecule has 5 heteroatoms. The lowest BCUT2D eigenvalue weighted by atomic mass is 9.89. The highest BCUT2D eigenvalue weighted by Gasteiger charge is 2.18. The molecule has 1 aromatic heterocycles.